The molecule has 2 rings (SSSR count). The fraction of sp³-hybridized carbons (Fsp3) is 0.0909. The SMILES string of the molecule is Fc1cccc(F)c1NCc1cc(Br)cs1. The summed E-state index contributed by atoms with van der Waals surface area (Å²) in [6.45, 7) is 0.411. The molecular formula is C11H8BrF2NS. The number of halogens is 3. The third-order valence-electron chi connectivity index (χ3n) is 2.02. The molecule has 1 nitrogen and oxygen atoms in total. The predicted molar refractivity (Wildman–Crippen MR) is 65.7 cm³/mol. The van der Waals surface area contributed by atoms with E-state index in [0.717, 1.165) is 9.35 Å². The number of nitrogens with one attached hydrogen (secondary N) is 1. The zero-order chi connectivity index (χ0) is 11.5. The highest BCUT2D eigenvalue weighted by Crippen LogP contribution is 2.23. The van der Waals surface area contributed by atoms with Crippen molar-refractivity contribution < 1.29 is 8.78 Å². The molecule has 0 unspecified atom stereocenters. The van der Waals surface area contributed by atoms with Gasteiger partial charge in [-0.15, -0.1) is 11.3 Å². The fourth-order valence-corrected chi connectivity index (χ4v) is 2.68. The molecule has 2 aromatic rings. The van der Waals surface area contributed by atoms with Crippen LogP contribution >= 0.6 is 27.3 Å². The molecule has 16 heavy (non-hydrogen) atoms. The summed E-state index contributed by atoms with van der Waals surface area (Å²) < 4.78 is 27.5. The average molecular weight is 304 g/mol. The normalized spacial score (nSPS) is 10.4. The van der Waals surface area contributed by atoms with Gasteiger partial charge in [-0.1, -0.05) is 6.07 Å². The molecule has 0 radical (unpaired) electrons. The van der Waals surface area contributed by atoms with E-state index in [1.807, 2.05) is 11.4 Å². The Bertz CT molecular complexity index is 478. The van der Waals surface area contributed by atoms with Crippen LogP contribution in [0.1, 0.15) is 4.88 Å². The average Bonchev–Trinajstić information content (AvgIpc) is 2.63. The van der Waals surface area contributed by atoms with Crippen molar-refractivity contribution in [1.29, 1.82) is 0 Å². The van der Waals surface area contributed by atoms with Crippen molar-refractivity contribution in [3.8, 4) is 0 Å². The molecule has 0 bridgehead atoms. The van der Waals surface area contributed by atoms with Crippen molar-refractivity contribution in [2.24, 2.45) is 0 Å². The summed E-state index contributed by atoms with van der Waals surface area (Å²) in [6.07, 6.45) is 0. The molecule has 0 aliphatic heterocycles. The summed E-state index contributed by atoms with van der Waals surface area (Å²) in [6, 6.07) is 5.72. The third-order valence-corrected chi connectivity index (χ3v) is 3.72. The smallest absolute Gasteiger partial charge is 0.149 e. The summed E-state index contributed by atoms with van der Waals surface area (Å²) in [5.41, 5.74) is -0.0768. The first kappa shape index (κ1) is 11.5. The van der Waals surface area contributed by atoms with Gasteiger partial charge in [0.25, 0.3) is 0 Å². The van der Waals surface area contributed by atoms with Crippen molar-refractivity contribution in [3.63, 3.8) is 0 Å². The maximum absolute atomic E-state index is 13.3. The molecule has 1 heterocycles. The maximum Gasteiger partial charge on any atom is 0.149 e. The van der Waals surface area contributed by atoms with Gasteiger partial charge in [0.2, 0.25) is 0 Å². The van der Waals surface area contributed by atoms with Gasteiger partial charge in [0, 0.05) is 21.3 Å². The van der Waals surface area contributed by atoms with Crippen molar-refractivity contribution in [2.75, 3.05) is 5.32 Å². The van der Waals surface area contributed by atoms with Crippen LogP contribution in [0.5, 0.6) is 0 Å². The molecule has 0 fully saturated rings. The minimum atomic E-state index is -0.573. The number of benzene rings is 1. The Morgan fingerprint density at radius 2 is 1.94 bits per heavy atom. The Morgan fingerprint density at radius 3 is 2.50 bits per heavy atom. The van der Waals surface area contributed by atoms with Crippen molar-refractivity contribution in [3.05, 3.63) is 50.6 Å². The first-order valence-electron chi connectivity index (χ1n) is 4.57. The van der Waals surface area contributed by atoms with Crippen LogP contribution in [0, 0.1) is 11.6 Å². The van der Waals surface area contributed by atoms with E-state index in [2.05, 4.69) is 21.2 Å². The van der Waals surface area contributed by atoms with Gasteiger partial charge in [-0.2, -0.15) is 0 Å². The van der Waals surface area contributed by atoms with E-state index in [9.17, 15) is 8.78 Å². The summed E-state index contributed by atoms with van der Waals surface area (Å²) >= 11 is 4.85. The molecule has 0 atom stereocenters. The summed E-state index contributed by atoms with van der Waals surface area (Å²) in [5, 5.41) is 4.68. The highest BCUT2D eigenvalue weighted by molar-refractivity contribution is 9.10. The second kappa shape index (κ2) is 4.93. The first-order chi connectivity index (χ1) is 7.66. The summed E-state index contributed by atoms with van der Waals surface area (Å²) in [5.74, 6) is -1.15. The molecule has 0 aliphatic rings. The molecular weight excluding hydrogens is 296 g/mol. The quantitative estimate of drug-likeness (QED) is 0.886. The summed E-state index contributed by atoms with van der Waals surface area (Å²) in [4.78, 5) is 1.01. The lowest BCUT2D eigenvalue weighted by Crippen LogP contribution is -2.02. The standard InChI is InChI=1S/C11H8BrF2NS/c12-7-4-8(16-6-7)5-15-11-9(13)2-1-3-10(11)14/h1-4,6,15H,5H2. The molecule has 84 valence electrons. The number of hydrogen-bond donors (Lipinski definition) is 1. The Hall–Kier alpha value is -0.940. The lowest BCUT2D eigenvalue weighted by molar-refractivity contribution is 0.588. The van der Waals surface area contributed by atoms with E-state index in [1.54, 1.807) is 0 Å². The second-order valence-corrected chi connectivity index (χ2v) is 5.09. The van der Waals surface area contributed by atoms with Gasteiger partial charge < -0.3 is 5.32 Å². The van der Waals surface area contributed by atoms with Crippen molar-refractivity contribution >= 4 is 33.0 Å². The molecule has 0 amide bonds. The molecule has 0 saturated heterocycles. The predicted octanol–water partition coefficient (Wildman–Crippen LogP) is 4.40. The van der Waals surface area contributed by atoms with E-state index in [4.69, 9.17) is 0 Å². The minimum absolute atomic E-state index is 0.0768. The number of rotatable bonds is 3. The van der Waals surface area contributed by atoms with Crippen LogP contribution in [0.25, 0.3) is 0 Å². The fourth-order valence-electron chi connectivity index (χ4n) is 1.29. The number of hydrogen-bond acceptors (Lipinski definition) is 2. The van der Waals surface area contributed by atoms with Gasteiger partial charge >= 0.3 is 0 Å². The number of anilines is 1. The highest BCUT2D eigenvalue weighted by atomic mass is 79.9. The van der Waals surface area contributed by atoms with Gasteiger partial charge in [0.1, 0.15) is 17.3 Å². The monoisotopic (exact) mass is 303 g/mol. The van der Waals surface area contributed by atoms with Crippen LogP contribution in [-0.2, 0) is 6.54 Å². The molecule has 1 aromatic heterocycles. The van der Waals surface area contributed by atoms with Gasteiger partial charge in [0.05, 0.1) is 0 Å². The Kier molecular flexibility index (Phi) is 3.56. The van der Waals surface area contributed by atoms with E-state index in [1.165, 1.54) is 29.5 Å². The van der Waals surface area contributed by atoms with Crippen LogP contribution in [0.2, 0.25) is 0 Å². The maximum atomic E-state index is 13.3. The molecule has 1 aromatic carbocycles. The van der Waals surface area contributed by atoms with Crippen LogP contribution in [0.4, 0.5) is 14.5 Å². The highest BCUT2D eigenvalue weighted by Gasteiger charge is 2.07. The Labute approximate surface area is 104 Å². The number of para-hydroxylation sites is 1. The lowest BCUT2D eigenvalue weighted by Gasteiger charge is -2.06. The van der Waals surface area contributed by atoms with E-state index in [-0.39, 0.29) is 5.69 Å². The molecule has 0 spiro atoms. The zero-order valence-electron chi connectivity index (χ0n) is 8.14. The van der Waals surface area contributed by atoms with Crippen LogP contribution in [0.15, 0.2) is 34.1 Å². The van der Waals surface area contributed by atoms with Crippen LogP contribution < -0.4 is 5.32 Å². The van der Waals surface area contributed by atoms with Gasteiger partial charge in [-0.3, -0.25) is 0 Å². The van der Waals surface area contributed by atoms with E-state index >= 15 is 0 Å². The van der Waals surface area contributed by atoms with Crippen LogP contribution in [0.3, 0.4) is 0 Å². The van der Waals surface area contributed by atoms with Crippen molar-refractivity contribution in [1.82, 2.24) is 0 Å². The Morgan fingerprint density at radius 1 is 1.25 bits per heavy atom. The topological polar surface area (TPSA) is 12.0 Å². The Balaban J connectivity index is 2.10. The minimum Gasteiger partial charge on any atom is -0.375 e. The van der Waals surface area contributed by atoms with Crippen molar-refractivity contribution in [2.45, 2.75) is 6.54 Å². The third kappa shape index (κ3) is 2.59. The van der Waals surface area contributed by atoms with E-state index < -0.39 is 11.6 Å². The summed E-state index contributed by atoms with van der Waals surface area (Å²) in [7, 11) is 0. The largest absolute Gasteiger partial charge is 0.375 e. The van der Waals surface area contributed by atoms with Gasteiger partial charge in [-0.25, -0.2) is 8.78 Å². The molecule has 0 aliphatic carbocycles. The van der Waals surface area contributed by atoms with E-state index in [0.29, 0.717) is 6.54 Å². The van der Waals surface area contributed by atoms with Gasteiger partial charge in [-0.05, 0) is 34.1 Å². The first-order valence-corrected chi connectivity index (χ1v) is 6.25. The lowest BCUT2D eigenvalue weighted by atomic mass is 10.3. The molecule has 5 heteroatoms. The van der Waals surface area contributed by atoms with Crippen LogP contribution in [-0.4, -0.2) is 0 Å². The molecule has 1 N–H and O–H groups in total. The molecule has 0 saturated carbocycles. The second-order valence-electron chi connectivity index (χ2n) is 3.18. The van der Waals surface area contributed by atoms with Gasteiger partial charge in [0.15, 0.2) is 0 Å². The zero-order valence-corrected chi connectivity index (χ0v) is 10.5. The number of thiophene rings is 1.